The van der Waals surface area contributed by atoms with Crippen molar-refractivity contribution in [3.8, 4) is 11.8 Å². The summed E-state index contributed by atoms with van der Waals surface area (Å²) in [6.45, 7) is 3.55. The van der Waals surface area contributed by atoms with Crippen LogP contribution in [-0.4, -0.2) is 50.7 Å². The fraction of sp³-hybridized carbons (Fsp3) is 0.280. The monoisotopic (exact) mass is 479 g/mol. The van der Waals surface area contributed by atoms with Gasteiger partial charge in [-0.3, -0.25) is 14.3 Å². The number of hydrogen-bond donors (Lipinski definition) is 1. The van der Waals surface area contributed by atoms with E-state index in [0.717, 1.165) is 5.56 Å². The quantitative estimate of drug-likeness (QED) is 0.575. The van der Waals surface area contributed by atoms with Gasteiger partial charge in [-0.05, 0) is 37.1 Å². The molecule has 1 saturated heterocycles. The highest BCUT2D eigenvalue weighted by molar-refractivity contribution is 6.34. The van der Waals surface area contributed by atoms with Crippen LogP contribution in [0.5, 0.6) is 0 Å². The minimum Gasteiger partial charge on any atom is -0.340 e. The molecule has 34 heavy (non-hydrogen) atoms. The molecule has 0 aliphatic carbocycles. The highest BCUT2D eigenvalue weighted by Gasteiger charge is 2.35. The molecular formula is C25H23ClFN5O2. The van der Waals surface area contributed by atoms with Crippen LogP contribution >= 0.6 is 11.6 Å². The molecular weight excluding hydrogens is 457 g/mol. The van der Waals surface area contributed by atoms with Gasteiger partial charge in [0.15, 0.2) is 0 Å². The largest absolute Gasteiger partial charge is 0.340 e. The number of nitrogens with one attached hydrogen (secondary N) is 1. The van der Waals surface area contributed by atoms with Crippen LogP contribution in [0.15, 0.2) is 48.8 Å². The molecule has 4 rings (SSSR count). The highest BCUT2D eigenvalue weighted by Crippen LogP contribution is 2.29. The molecule has 2 atom stereocenters. The van der Waals surface area contributed by atoms with Gasteiger partial charge in [0.25, 0.3) is 5.91 Å². The Kier molecular flexibility index (Phi) is 6.94. The number of halogens is 2. The smallest absolute Gasteiger partial charge is 0.276 e. The lowest BCUT2D eigenvalue weighted by Gasteiger charge is -2.34. The number of anilines is 1. The van der Waals surface area contributed by atoms with E-state index in [-0.39, 0.29) is 23.2 Å². The van der Waals surface area contributed by atoms with E-state index in [9.17, 15) is 14.0 Å². The number of likely N-dealkylation sites (tertiary alicyclic amines) is 1. The maximum absolute atomic E-state index is 14.9. The van der Waals surface area contributed by atoms with Crippen LogP contribution in [0.4, 0.5) is 10.2 Å². The van der Waals surface area contributed by atoms with Gasteiger partial charge < -0.3 is 10.2 Å². The Morgan fingerprint density at radius 1 is 1.18 bits per heavy atom. The normalized spacial score (nSPS) is 17.6. The third kappa shape index (κ3) is 5.10. The number of nitrogens with zero attached hydrogens (tertiary/aromatic N) is 4. The van der Waals surface area contributed by atoms with Gasteiger partial charge in [0.2, 0.25) is 5.91 Å². The molecule has 0 radical (unpaired) electrons. The van der Waals surface area contributed by atoms with E-state index < -0.39 is 18.1 Å². The number of amides is 2. The number of alkyl halides is 1. The summed E-state index contributed by atoms with van der Waals surface area (Å²) in [5, 5.41) is 7.01. The molecule has 9 heteroatoms. The zero-order chi connectivity index (χ0) is 24.2. The molecule has 2 amide bonds. The first-order valence-electron chi connectivity index (χ1n) is 10.8. The maximum atomic E-state index is 14.9. The van der Waals surface area contributed by atoms with Crippen LogP contribution in [0, 0.1) is 18.8 Å². The number of carbonyl (C=O) groups is 2. The minimum absolute atomic E-state index is 0.0509. The summed E-state index contributed by atoms with van der Waals surface area (Å²) in [6.07, 6.45) is 1.85. The molecule has 3 aromatic rings. The van der Waals surface area contributed by atoms with E-state index in [1.807, 2.05) is 43.3 Å². The number of hydrogen-bond acceptors (Lipinski definition) is 4. The average Bonchev–Trinajstić information content (AvgIpc) is 3.21. The van der Waals surface area contributed by atoms with Crippen molar-refractivity contribution in [1.82, 2.24) is 19.7 Å². The molecule has 1 aromatic carbocycles. The third-order valence-electron chi connectivity index (χ3n) is 5.67. The zero-order valence-corrected chi connectivity index (χ0v) is 19.5. The molecule has 1 fully saturated rings. The van der Waals surface area contributed by atoms with Crippen molar-refractivity contribution in [3.63, 3.8) is 0 Å². The van der Waals surface area contributed by atoms with Gasteiger partial charge in [0.1, 0.15) is 17.7 Å². The van der Waals surface area contributed by atoms with E-state index in [1.54, 1.807) is 6.20 Å². The minimum atomic E-state index is -1.37. The number of pyridine rings is 1. The number of carbonyl (C=O) groups excluding carboxylic acids is 2. The van der Waals surface area contributed by atoms with Crippen LogP contribution in [0.25, 0.3) is 0 Å². The summed E-state index contributed by atoms with van der Waals surface area (Å²) in [5.74, 6) is 5.75. The fourth-order valence-electron chi connectivity index (χ4n) is 3.87. The highest BCUT2D eigenvalue weighted by atomic mass is 35.5. The Labute approximate surface area is 201 Å². The van der Waals surface area contributed by atoms with E-state index >= 15 is 0 Å². The second kappa shape index (κ2) is 10.1. The molecule has 2 aromatic heterocycles. The lowest BCUT2D eigenvalue weighted by atomic mass is 10.0. The molecule has 0 spiro atoms. The predicted molar refractivity (Wildman–Crippen MR) is 127 cm³/mol. The van der Waals surface area contributed by atoms with Crippen molar-refractivity contribution >= 4 is 29.2 Å². The SMILES string of the molecule is CC(=O)N1CC[C@@H](n2ncc(Cl)c2C(=O)Nc2ncc(C#Cc3ccccc3)cc2C)[C@@H](F)C1. The first-order valence-corrected chi connectivity index (χ1v) is 11.2. The van der Waals surface area contributed by atoms with Crippen LogP contribution < -0.4 is 5.32 Å². The molecule has 0 unspecified atom stereocenters. The van der Waals surface area contributed by atoms with Gasteiger partial charge in [0, 0.05) is 30.8 Å². The third-order valence-corrected chi connectivity index (χ3v) is 5.94. The van der Waals surface area contributed by atoms with E-state index in [1.165, 1.54) is 22.7 Å². The number of aryl methyl sites for hydroxylation is 1. The van der Waals surface area contributed by atoms with Gasteiger partial charge in [-0.25, -0.2) is 9.37 Å². The van der Waals surface area contributed by atoms with Crippen LogP contribution in [0.2, 0.25) is 5.02 Å². The van der Waals surface area contributed by atoms with Crippen LogP contribution in [0.3, 0.4) is 0 Å². The Balaban J connectivity index is 1.51. The molecule has 0 saturated carbocycles. The van der Waals surface area contributed by atoms with Gasteiger partial charge in [-0.15, -0.1) is 0 Å². The first-order chi connectivity index (χ1) is 16.3. The van der Waals surface area contributed by atoms with Crippen LogP contribution in [0.1, 0.15) is 46.6 Å². The number of benzene rings is 1. The second-order valence-corrected chi connectivity index (χ2v) is 8.49. The summed E-state index contributed by atoms with van der Waals surface area (Å²) in [4.78, 5) is 30.4. The summed E-state index contributed by atoms with van der Waals surface area (Å²) in [7, 11) is 0. The summed E-state index contributed by atoms with van der Waals surface area (Å²) >= 11 is 6.25. The van der Waals surface area contributed by atoms with E-state index in [2.05, 4.69) is 27.2 Å². The lowest BCUT2D eigenvalue weighted by molar-refractivity contribution is -0.131. The molecule has 3 heterocycles. The van der Waals surface area contributed by atoms with Crippen molar-refractivity contribution in [2.45, 2.75) is 32.5 Å². The molecule has 1 aliphatic rings. The maximum Gasteiger partial charge on any atom is 0.276 e. The number of aromatic nitrogens is 3. The van der Waals surface area contributed by atoms with Gasteiger partial charge in [-0.2, -0.15) is 5.10 Å². The fourth-order valence-corrected chi connectivity index (χ4v) is 4.08. The van der Waals surface area contributed by atoms with Crippen molar-refractivity contribution < 1.29 is 14.0 Å². The second-order valence-electron chi connectivity index (χ2n) is 8.08. The van der Waals surface area contributed by atoms with Crippen LogP contribution in [-0.2, 0) is 4.79 Å². The summed E-state index contributed by atoms with van der Waals surface area (Å²) < 4.78 is 16.2. The Morgan fingerprint density at radius 3 is 2.59 bits per heavy atom. The van der Waals surface area contributed by atoms with Crippen molar-refractivity contribution in [2.75, 3.05) is 18.4 Å². The number of rotatable bonds is 3. The number of piperidine rings is 1. The molecule has 0 bridgehead atoms. The molecule has 1 aliphatic heterocycles. The Morgan fingerprint density at radius 2 is 1.91 bits per heavy atom. The topological polar surface area (TPSA) is 80.1 Å². The van der Waals surface area contributed by atoms with Crippen molar-refractivity contribution in [1.29, 1.82) is 0 Å². The van der Waals surface area contributed by atoms with E-state index in [4.69, 9.17) is 11.6 Å². The predicted octanol–water partition coefficient (Wildman–Crippen LogP) is 4.02. The van der Waals surface area contributed by atoms with Gasteiger partial charge in [-0.1, -0.05) is 41.6 Å². The molecule has 1 N–H and O–H groups in total. The zero-order valence-electron chi connectivity index (χ0n) is 18.8. The Bertz CT molecular complexity index is 1280. The summed E-state index contributed by atoms with van der Waals surface area (Å²) in [6, 6.07) is 10.7. The van der Waals surface area contributed by atoms with Gasteiger partial charge >= 0.3 is 0 Å². The molecule has 174 valence electrons. The first kappa shape index (κ1) is 23.5. The van der Waals surface area contributed by atoms with Crippen molar-refractivity contribution in [3.05, 3.63) is 76.2 Å². The standard InChI is InChI=1S/C25H23ClFN5O2/c1-16-12-19(9-8-18-6-4-3-5-7-18)13-28-24(16)30-25(34)23-20(26)14-29-32(23)22-10-11-31(17(2)33)15-21(22)27/h3-7,12-14,21-22H,10-11,15H2,1-2H3,(H,28,30,34)/t21-,22+/m0/s1. The summed E-state index contributed by atoms with van der Waals surface area (Å²) in [5.41, 5.74) is 2.37. The van der Waals surface area contributed by atoms with Gasteiger partial charge in [0.05, 0.1) is 23.8 Å². The average molecular weight is 480 g/mol. The lowest BCUT2D eigenvalue weighted by Crippen LogP contribution is -2.45. The Hall–Kier alpha value is -3.70. The molecule has 7 nitrogen and oxygen atoms in total. The van der Waals surface area contributed by atoms with Crippen molar-refractivity contribution in [2.24, 2.45) is 0 Å². The van der Waals surface area contributed by atoms with E-state index in [0.29, 0.717) is 29.9 Å².